The van der Waals surface area contributed by atoms with E-state index in [9.17, 15) is 4.79 Å². The van der Waals surface area contributed by atoms with E-state index in [0.717, 1.165) is 76.6 Å². The average Bonchev–Trinajstić information content (AvgIpc) is 3.48. The van der Waals surface area contributed by atoms with Crippen LogP contribution >= 0.6 is 0 Å². The van der Waals surface area contributed by atoms with Crippen LogP contribution in [0.2, 0.25) is 0 Å². The molecule has 0 aliphatic heterocycles. The van der Waals surface area contributed by atoms with Gasteiger partial charge in [0.2, 0.25) is 5.95 Å². The van der Waals surface area contributed by atoms with Crippen LogP contribution in [0.15, 0.2) is 156 Å². The largest absolute Gasteiger partial charge is 0.321 e. The number of para-hydroxylation sites is 2. The Balaban J connectivity index is 1.31. The molecular formula is C43H26N4O. The van der Waals surface area contributed by atoms with E-state index in [4.69, 9.17) is 9.97 Å². The Morgan fingerprint density at radius 1 is 0.479 bits per heavy atom. The van der Waals surface area contributed by atoms with Crippen LogP contribution in [0.1, 0.15) is 0 Å². The predicted octanol–water partition coefficient (Wildman–Crippen LogP) is 10.2. The molecule has 0 atom stereocenters. The molecule has 10 aromatic rings. The number of rotatable bonds is 3. The molecule has 0 saturated heterocycles. The van der Waals surface area contributed by atoms with Crippen LogP contribution in [0.25, 0.3) is 93.5 Å². The van der Waals surface area contributed by atoms with Crippen LogP contribution in [0.4, 0.5) is 0 Å². The number of aromatic amines is 1. The normalized spacial score (nSPS) is 11.8. The van der Waals surface area contributed by atoms with Gasteiger partial charge in [-0.2, -0.15) is 0 Å². The molecule has 3 heterocycles. The summed E-state index contributed by atoms with van der Waals surface area (Å²) in [5, 5.41) is 7.90. The average molecular weight is 615 g/mol. The van der Waals surface area contributed by atoms with Crippen molar-refractivity contribution in [2.24, 2.45) is 0 Å². The maximum atomic E-state index is 13.6. The van der Waals surface area contributed by atoms with Gasteiger partial charge < -0.3 is 4.98 Å². The highest BCUT2D eigenvalue weighted by molar-refractivity contribution is 6.22. The molecule has 0 bridgehead atoms. The van der Waals surface area contributed by atoms with E-state index in [1.807, 2.05) is 48.5 Å². The molecule has 0 spiro atoms. The minimum absolute atomic E-state index is 0.120. The van der Waals surface area contributed by atoms with Gasteiger partial charge in [0, 0.05) is 43.4 Å². The van der Waals surface area contributed by atoms with Gasteiger partial charge in [-0.3, -0.25) is 9.36 Å². The maximum absolute atomic E-state index is 13.6. The lowest BCUT2D eigenvalue weighted by molar-refractivity contribution is 1.02. The van der Waals surface area contributed by atoms with Crippen LogP contribution < -0.4 is 5.56 Å². The van der Waals surface area contributed by atoms with Crippen molar-refractivity contribution in [1.82, 2.24) is 19.5 Å². The third-order valence-corrected chi connectivity index (χ3v) is 9.56. The topological polar surface area (TPSA) is 63.6 Å². The molecule has 0 saturated carbocycles. The second-order valence-corrected chi connectivity index (χ2v) is 12.3. The minimum Gasteiger partial charge on any atom is -0.321 e. The van der Waals surface area contributed by atoms with Crippen LogP contribution in [0.5, 0.6) is 0 Å². The first-order valence-electron chi connectivity index (χ1n) is 16.0. The van der Waals surface area contributed by atoms with Crippen molar-refractivity contribution in [3.8, 4) is 28.3 Å². The van der Waals surface area contributed by atoms with Crippen molar-refractivity contribution < 1.29 is 0 Å². The quantitative estimate of drug-likeness (QED) is 0.201. The van der Waals surface area contributed by atoms with Gasteiger partial charge in [-0.25, -0.2) is 9.97 Å². The summed E-state index contributed by atoms with van der Waals surface area (Å²) in [6.45, 7) is 0. The summed E-state index contributed by atoms with van der Waals surface area (Å²) in [5.41, 5.74) is 7.64. The summed E-state index contributed by atoms with van der Waals surface area (Å²) in [5.74, 6) is 0.559. The van der Waals surface area contributed by atoms with Gasteiger partial charge in [0.25, 0.3) is 5.56 Å². The van der Waals surface area contributed by atoms with Gasteiger partial charge in [-0.05, 0) is 46.2 Å². The summed E-state index contributed by atoms with van der Waals surface area (Å²) in [4.78, 5) is 27.2. The summed E-state index contributed by atoms with van der Waals surface area (Å²) in [7, 11) is 0. The van der Waals surface area contributed by atoms with E-state index in [1.54, 1.807) is 0 Å². The maximum Gasteiger partial charge on any atom is 0.256 e. The van der Waals surface area contributed by atoms with Crippen molar-refractivity contribution in [1.29, 1.82) is 0 Å². The monoisotopic (exact) mass is 614 g/mol. The molecule has 0 fully saturated rings. The molecule has 1 N–H and O–H groups in total. The Morgan fingerprint density at radius 3 is 2.02 bits per heavy atom. The second-order valence-electron chi connectivity index (χ2n) is 12.3. The van der Waals surface area contributed by atoms with E-state index in [1.165, 1.54) is 5.56 Å². The van der Waals surface area contributed by atoms with Crippen LogP contribution in [-0.2, 0) is 0 Å². The van der Waals surface area contributed by atoms with Crippen molar-refractivity contribution in [2.75, 3.05) is 0 Å². The molecule has 0 amide bonds. The second kappa shape index (κ2) is 10.2. The molecular weight excluding hydrogens is 589 g/mol. The van der Waals surface area contributed by atoms with Crippen LogP contribution in [0.3, 0.4) is 0 Å². The molecule has 5 nitrogen and oxygen atoms in total. The number of fused-ring (bicyclic) bond motifs is 9. The number of nitrogens with zero attached hydrogens (tertiary/aromatic N) is 3. The highest BCUT2D eigenvalue weighted by Crippen LogP contribution is 2.39. The third kappa shape index (κ3) is 3.94. The smallest absolute Gasteiger partial charge is 0.256 e. The number of hydrogen-bond donors (Lipinski definition) is 1. The molecule has 224 valence electrons. The van der Waals surface area contributed by atoms with Gasteiger partial charge in [0.15, 0.2) is 0 Å². The zero-order chi connectivity index (χ0) is 31.8. The predicted molar refractivity (Wildman–Crippen MR) is 198 cm³/mol. The van der Waals surface area contributed by atoms with E-state index in [2.05, 4.69) is 113 Å². The zero-order valence-corrected chi connectivity index (χ0v) is 25.7. The molecule has 5 heteroatoms. The molecule has 0 unspecified atom stereocenters. The highest BCUT2D eigenvalue weighted by Gasteiger charge is 2.21. The Morgan fingerprint density at radius 2 is 1.17 bits per heavy atom. The highest BCUT2D eigenvalue weighted by atomic mass is 16.1. The molecule has 3 aromatic heterocycles. The number of hydrogen-bond acceptors (Lipinski definition) is 3. The summed E-state index contributed by atoms with van der Waals surface area (Å²) < 4.78 is 2.15. The van der Waals surface area contributed by atoms with Crippen molar-refractivity contribution in [2.45, 2.75) is 0 Å². The standard InChI is InChI=1S/C43H26N4O/c48-42-36-25-39-35(24-34(36)31-14-6-8-16-37(31)44-42)32-23-22-28-12-4-5-13-30(28)41(32)47(39)43-45-38-17-9-7-15-33(38)40(46-43)29-20-18-27(19-21-29)26-10-2-1-3-11-26/h1-25H,(H,44,48). The van der Waals surface area contributed by atoms with Gasteiger partial charge in [0.1, 0.15) is 0 Å². The SMILES string of the molecule is O=c1[nH]c2ccccc2c2cc3c4ccc5ccccc5c4n(-c4nc(-c5ccc(-c6ccccc6)cc5)c5ccccc5n4)c3cc12. The van der Waals surface area contributed by atoms with E-state index in [-0.39, 0.29) is 5.56 Å². The fraction of sp³-hybridized carbons (Fsp3) is 0. The fourth-order valence-corrected chi connectivity index (χ4v) is 7.29. The first-order chi connectivity index (χ1) is 23.7. The Labute approximate surface area is 274 Å². The molecule has 0 radical (unpaired) electrons. The Bertz CT molecular complexity index is 2960. The number of nitrogens with one attached hydrogen (secondary N) is 1. The lowest BCUT2D eigenvalue weighted by Gasteiger charge is -2.13. The lowest BCUT2D eigenvalue weighted by Crippen LogP contribution is -2.07. The van der Waals surface area contributed by atoms with Crippen LogP contribution in [0, 0.1) is 0 Å². The van der Waals surface area contributed by atoms with E-state index < -0.39 is 0 Å². The Kier molecular flexibility index (Phi) is 5.66. The molecule has 7 aromatic carbocycles. The minimum atomic E-state index is -0.120. The van der Waals surface area contributed by atoms with E-state index >= 15 is 0 Å². The fourth-order valence-electron chi connectivity index (χ4n) is 7.29. The number of aromatic nitrogens is 4. The summed E-state index contributed by atoms with van der Waals surface area (Å²) >= 11 is 0. The van der Waals surface area contributed by atoms with Gasteiger partial charge in [-0.1, -0.05) is 127 Å². The first kappa shape index (κ1) is 26.6. The summed E-state index contributed by atoms with van der Waals surface area (Å²) in [6.07, 6.45) is 0. The van der Waals surface area contributed by atoms with Gasteiger partial charge in [-0.15, -0.1) is 0 Å². The molecule has 0 aliphatic carbocycles. The molecule has 0 aliphatic rings. The summed E-state index contributed by atoms with van der Waals surface area (Å²) in [6, 6.07) is 52.1. The van der Waals surface area contributed by atoms with E-state index in [0.29, 0.717) is 11.3 Å². The van der Waals surface area contributed by atoms with Gasteiger partial charge >= 0.3 is 0 Å². The number of pyridine rings is 1. The van der Waals surface area contributed by atoms with Crippen molar-refractivity contribution in [3.05, 3.63) is 162 Å². The first-order valence-corrected chi connectivity index (χ1v) is 16.0. The van der Waals surface area contributed by atoms with Crippen molar-refractivity contribution in [3.63, 3.8) is 0 Å². The number of benzene rings is 7. The number of H-pyrrole nitrogens is 1. The lowest BCUT2D eigenvalue weighted by atomic mass is 10.0. The molecule has 48 heavy (non-hydrogen) atoms. The van der Waals surface area contributed by atoms with Crippen LogP contribution in [-0.4, -0.2) is 19.5 Å². The third-order valence-electron chi connectivity index (χ3n) is 9.56. The van der Waals surface area contributed by atoms with Gasteiger partial charge in [0.05, 0.1) is 22.2 Å². The molecule has 10 rings (SSSR count). The van der Waals surface area contributed by atoms with Crippen molar-refractivity contribution >= 4 is 65.2 Å². The zero-order valence-electron chi connectivity index (χ0n) is 25.7. The Hall–Kier alpha value is -6.59.